The van der Waals surface area contributed by atoms with Crippen LogP contribution in [0.25, 0.3) is 11.4 Å². The lowest BCUT2D eigenvalue weighted by molar-refractivity contribution is 0.0988. The molecule has 0 radical (unpaired) electrons. The first kappa shape index (κ1) is 13.0. The molecule has 3 aromatic rings. The van der Waals surface area contributed by atoms with E-state index in [1.807, 2.05) is 30.3 Å². The molecular formula is C15H12N4O2. The second-order valence-electron chi connectivity index (χ2n) is 4.45. The van der Waals surface area contributed by atoms with Crippen molar-refractivity contribution >= 4 is 11.6 Å². The van der Waals surface area contributed by atoms with Gasteiger partial charge in [-0.2, -0.15) is 0 Å². The fraction of sp³-hybridized carbons (Fsp3) is 0.0667. The van der Waals surface area contributed by atoms with E-state index in [0.29, 0.717) is 17.2 Å². The first-order valence-electron chi connectivity index (χ1n) is 6.34. The number of rotatable bonds is 3. The molecule has 6 heteroatoms. The Morgan fingerprint density at radius 3 is 2.48 bits per heavy atom. The van der Waals surface area contributed by atoms with Crippen molar-refractivity contribution in [3.8, 4) is 11.4 Å². The predicted octanol–water partition coefficient (Wildman–Crippen LogP) is 2.69. The predicted molar refractivity (Wildman–Crippen MR) is 76.7 cm³/mol. The van der Waals surface area contributed by atoms with Crippen LogP contribution >= 0.6 is 0 Å². The molecule has 0 spiro atoms. The van der Waals surface area contributed by atoms with Crippen LogP contribution in [-0.2, 0) is 0 Å². The van der Waals surface area contributed by atoms with Crippen LogP contribution in [0, 0.1) is 6.92 Å². The Morgan fingerprint density at radius 1 is 1.14 bits per heavy atom. The maximum absolute atomic E-state index is 11.9. The number of carbonyl (C=O) groups is 1. The SMILES string of the molecule is Cc1cc(C(=O)Nc2cnc(-c3ccccc3)nc2)on1. The molecule has 0 aliphatic rings. The van der Waals surface area contributed by atoms with Crippen molar-refractivity contribution in [2.45, 2.75) is 6.92 Å². The third-order valence-electron chi connectivity index (χ3n) is 2.79. The van der Waals surface area contributed by atoms with Crippen LogP contribution in [0.15, 0.2) is 53.3 Å². The summed E-state index contributed by atoms with van der Waals surface area (Å²) in [6.07, 6.45) is 3.10. The van der Waals surface area contributed by atoms with Gasteiger partial charge in [0.2, 0.25) is 5.76 Å². The number of hydrogen-bond donors (Lipinski definition) is 1. The lowest BCUT2D eigenvalue weighted by Crippen LogP contribution is -2.11. The number of aromatic nitrogens is 3. The molecule has 0 saturated carbocycles. The molecule has 2 heterocycles. The summed E-state index contributed by atoms with van der Waals surface area (Å²) < 4.78 is 4.89. The van der Waals surface area contributed by atoms with Crippen LogP contribution in [0.4, 0.5) is 5.69 Å². The molecule has 104 valence electrons. The molecule has 0 bridgehead atoms. The quantitative estimate of drug-likeness (QED) is 0.797. The Hall–Kier alpha value is -3.02. The van der Waals surface area contributed by atoms with Gasteiger partial charge in [-0.1, -0.05) is 35.5 Å². The van der Waals surface area contributed by atoms with Gasteiger partial charge < -0.3 is 9.84 Å². The Balaban J connectivity index is 1.74. The molecule has 1 N–H and O–H groups in total. The standard InChI is InChI=1S/C15H12N4O2/c1-10-7-13(21-19-10)15(20)18-12-8-16-14(17-9-12)11-5-3-2-4-6-11/h2-9H,1H3,(H,18,20). The lowest BCUT2D eigenvalue weighted by Gasteiger charge is -2.03. The van der Waals surface area contributed by atoms with Gasteiger partial charge in [-0.15, -0.1) is 0 Å². The number of aryl methyl sites for hydroxylation is 1. The van der Waals surface area contributed by atoms with E-state index in [9.17, 15) is 4.79 Å². The van der Waals surface area contributed by atoms with Gasteiger partial charge in [-0.25, -0.2) is 9.97 Å². The average Bonchev–Trinajstić information content (AvgIpc) is 2.96. The van der Waals surface area contributed by atoms with E-state index in [1.165, 1.54) is 0 Å². The summed E-state index contributed by atoms with van der Waals surface area (Å²) in [6.45, 7) is 1.75. The van der Waals surface area contributed by atoms with Gasteiger partial charge in [0.05, 0.1) is 23.8 Å². The van der Waals surface area contributed by atoms with Gasteiger partial charge in [-0.05, 0) is 6.92 Å². The minimum atomic E-state index is -0.383. The van der Waals surface area contributed by atoms with Gasteiger partial charge in [0.15, 0.2) is 5.82 Å². The van der Waals surface area contributed by atoms with Crippen LogP contribution in [-0.4, -0.2) is 21.0 Å². The average molecular weight is 280 g/mol. The molecule has 1 amide bonds. The van der Waals surface area contributed by atoms with E-state index < -0.39 is 0 Å². The van der Waals surface area contributed by atoms with Crippen molar-refractivity contribution in [2.24, 2.45) is 0 Å². The minimum absolute atomic E-state index is 0.152. The van der Waals surface area contributed by atoms with Crippen LogP contribution < -0.4 is 5.32 Å². The first-order valence-corrected chi connectivity index (χ1v) is 6.34. The second kappa shape index (κ2) is 5.54. The second-order valence-corrected chi connectivity index (χ2v) is 4.45. The van der Waals surface area contributed by atoms with Crippen molar-refractivity contribution in [3.05, 3.63) is 60.2 Å². The van der Waals surface area contributed by atoms with Crippen molar-refractivity contribution in [3.63, 3.8) is 0 Å². The smallest absolute Gasteiger partial charge is 0.294 e. The molecular weight excluding hydrogens is 268 g/mol. The summed E-state index contributed by atoms with van der Waals surface area (Å²) >= 11 is 0. The third-order valence-corrected chi connectivity index (χ3v) is 2.79. The lowest BCUT2D eigenvalue weighted by atomic mass is 10.2. The zero-order chi connectivity index (χ0) is 14.7. The van der Waals surface area contributed by atoms with E-state index in [1.54, 1.807) is 25.4 Å². The Morgan fingerprint density at radius 2 is 1.86 bits per heavy atom. The van der Waals surface area contributed by atoms with Crippen molar-refractivity contribution in [2.75, 3.05) is 5.32 Å². The number of nitrogens with one attached hydrogen (secondary N) is 1. The van der Waals surface area contributed by atoms with E-state index >= 15 is 0 Å². The summed E-state index contributed by atoms with van der Waals surface area (Å²) in [5, 5.41) is 6.32. The van der Waals surface area contributed by atoms with Gasteiger partial charge in [0, 0.05) is 11.6 Å². The monoisotopic (exact) mass is 280 g/mol. The van der Waals surface area contributed by atoms with Crippen molar-refractivity contribution < 1.29 is 9.32 Å². The normalized spacial score (nSPS) is 10.3. The molecule has 0 saturated heterocycles. The van der Waals surface area contributed by atoms with Gasteiger partial charge in [0.1, 0.15) is 0 Å². The summed E-state index contributed by atoms with van der Waals surface area (Å²) in [6, 6.07) is 11.2. The van der Waals surface area contributed by atoms with E-state index in [4.69, 9.17) is 4.52 Å². The fourth-order valence-electron chi connectivity index (χ4n) is 1.79. The molecule has 21 heavy (non-hydrogen) atoms. The Labute approximate surface area is 120 Å². The van der Waals surface area contributed by atoms with Gasteiger partial charge >= 0.3 is 0 Å². The summed E-state index contributed by atoms with van der Waals surface area (Å²) in [4.78, 5) is 20.3. The molecule has 6 nitrogen and oxygen atoms in total. The maximum atomic E-state index is 11.9. The largest absolute Gasteiger partial charge is 0.351 e. The summed E-state index contributed by atoms with van der Waals surface area (Å²) in [5.41, 5.74) is 2.06. The molecule has 2 aromatic heterocycles. The molecule has 0 unspecified atom stereocenters. The van der Waals surface area contributed by atoms with Gasteiger partial charge in [-0.3, -0.25) is 4.79 Å². The molecule has 0 atom stereocenters. The number of hydrogen-bond acceptors (Lipinski definition) is 5. The van der Waals surface area contributed by atoms with Crippen LogP contribution in [0.1, 0.15) is 16.2 Å². The number of anilines is 1. The highest BCUT2D eigenvalue weighted by molar-refractivity contribution is 6.02. The third kappa shape index (κ3) is 2.94. The number of carbonyl (C=O) groups excluding carboxylic acids is 1. The van der Waals surface area contributed by atoms with Crippen molar-refractivity contribution in [1.82, 2.24) is 15.1 Å². The molecule has 0 aliphatic heterocycles. The molecule has 1 aromatic carbocycles. The molecule has 0 aliphatic carbocycles. The van der Waals surface area contributed by atoms with E-state index in [2.05, 4.69) is 20.4 Å². The summed E-state index contributed by atoms with van der Waals surface area (Å²) in [7, 11) is 0. The Kier molecular flexibility index (Phi) is 3.42. The van der Waals surface area contributed by atoms with Crippen LogP contribution in [0.5, 0.6) is 0 Å². The summed E-state index contributed by atoms with van der Waals surface area (Å²) in [5.74, 6) is 0.371. The number of nitrogens with zero attached hydrogens (tertiary/aromatic N) is 3. The zero-order valence-electron chi connectivity index (χ0n) is 11.3. The highest BCUT2D eigenvalue weighted by atomic mass is 16.5. The highest BCUT2D eigenvalue weighted by Gasteiger charge is 2.12. The minimum Gasteiger partial charge on any atom is -0.351 e. The van der Waals surface area contributed by atoms with Crippen LogP contribution in [0.2, 0.25) is 0 Å². The topological polar surface area (TPSA) is 80.9 Å². The zero-order valence-corrected chi connectivity index (χ0v) is 11.3. The molecule has 3 rings (SSSR count). The number of benzene rings is 1. The Bertz CT molecular complexity index is 751. The highest BCUT2D eigenvalue weighted by Crippen LogP contribution is 2.15. The van der Waals surface area contributed by atoms with Crippen LogP contribution in [0.3, 0.4) is 0 Å². The maximum Gasteiger partial charge on any atom is 0.294 e. The van der Waals surface area contributed by atoms with Crippen molar-refractivity contribution in [1.29, 1.82) is 0 Å². The van der Waals surface area contributed by atoms with E-state index in [0.717, 1.165) is 5.56 Å². The first-order chi connectivity index (χ1) is 10.2. The number of amides is 1. The van der Waals surface area contributed by atoms with E-state index in [-0.39, 0.29) is 11.7 Å². The molecule has 0 fully saturated rings. The fourth-order valence-corrected chi connectivity index (χ4v) is 1.79. The van der Waals surface area contributed by atoms with Gasteiger partial charge in [0.25, 0.3) is 5.91 Å².